The number of nitrogens with two attached hydrogens (primary N) is 1. The summed E-state index contributed by atoms with van der Waals surface area (Å²) < 4.78 is 0. The number of hydrogen-bond donors (Lipinski definition) is 2. The summed E-state index contributed by atoms with van der Waals surface area (Å²) in [6, 6.07) is -0.159. The Kier molecular flexibility index (Phi) is 3.14. The normalized spacial score (nSPS) is 31.6. The number of fused-ring (bicyclic) bond motifs is 1. The fourth-order valence-corrected chi connectivity index (χ4v) is 2.60. The van der Waals surface area contributed by atoms with E-state index in [9.17, 15) is 9.59 Å². The van der Waals surface area contributed by atoms with Crippen molar-refractivity contribution < 1.29 is 9.59 Å². The van der Waals surface area contributed by atoms with Gasteiger partial charge in [0, 0.05) is 25.6 Å². The van der Waals surface area contributed by atoms with Crippen LogP contribution < -0.4 is 11.1 Å². The Labute approximate surface area is 95.3 Å². The second kappa shape index (κ2) is 4.41. The van der Waals surface area contributed by atoms with Crippen LogP contribution in [-0.4, -0.2) is 41.9 Å². The van der Waals surface area contributed by atoms with Gasteiger partial charge in [0.05, 0.1) is 6.04 Å². The molecule has 5 heteroatoms. The fourth-order valence-electron chi connectivity index (χ4n) is 2.60. The fraction of sp³-hybridized carbons (Fsp3) is 0.818. The maximum atomic E-state index is 11.8. The maximum Gasteiger partial charge on any atom is 0.239 e. The first-order valence-corrected chi connectivity index (χ1v) is 5.91. The van der Waals surface area contributed by atoms with Gasteiger partial charge in [-0.25, -0.2) is 0 Å². The van der Waals surface area contributed by atoms with Crippen molar-refractivity contribution in [3.8, 4) is 0 Å². The number of piperidine rings is 2. The molecule has 0 aromatic rings. The Bertz CT molecular complexity index is 304. The van der Waals surface area contributed by atoms with Gasteiger partial charge in [-0.3, -0.25) is 9.59 Å². The lowest BCUT2D eigenvalue weighted by Crippen LogP contribution is -2.56. The van der Waals surface area contributed by atoms with Crippen LogP contribution in [-0.2, 0) is 9.59 Å². The molecule has 0 aromatic heterocycles. The zero-order valence-corrected chi connectivity index (χ0v) is 9.61. The van der Waals surface area contributed by atoms with Gasteiger partial charge in [0.25, 0.3) is 0 Å². The summed E-state index contributed by atoms with van der Waals surface area (Å²) in [4.78, 5) is 24.8. The molecule has 0 spiro atoms. The van der Waals surface area contributed by atoms with Gasteiger partial charge in [-0.15, -0.1) is 0 Å². The largest absolute Gasteiger partial charge is 0.353 e. The molecule has 2 amide bonds. The van der Waals surface area contributed by atoms with E-state index in [4.69, 9.17) is 5.73 Å². The molecule has 0 bridgehead atoms. The minimum Gasteiger partial charge on any atom is -0.353 e. The molecule has 3 N–H and O–H groups in total. The van der Waals surface area contributed by atoms with Gasteiger partial charge < -0.3 is 16.0 Å². The predicted molar refractivity (Wildman–Crippen MR) is 59.5 cm³/mol. The SMILES string of the molecule is C[C@@H](N)C(=O)N1CCC2NC(=O)CCC2C1. The molecule has 0 aliphatic carbocycles. The summed E-state index contributed by atoms with van der Waals surface area (Å²) in [5.41, 5.74) is 5.60. The molecule has 2 unspecified atom stereocenters. The minimum atomic E-state index is -0.422. The number of carbonyl (C=O) groups excluding carboxylic acids is 2. The third-order valence-corrected chi connectivity index (χ3v) is 3.52. The second-order valence-electron chi connectivity index (χ2n) is 4.83. The Morgan fingerprint density at radius 1 is 1.56 bits per heavy atom. The van der Waals surface area contributed by atoms with E-state index in [1.54, 1.807) is 6.92 Å². The lowest BCUT2D eigenvalue weighted by molar-refractivity contribution is -0.135. The summed E-state index contributed by atoms with van der Waals surface area (Å²) in [6.45, 7) is 3.17. The van der Waals surface area contributed by atoms with Gasteiger partial charge >= 0.3 is 0 Å². The van der Waals surface area contributed by atoms with Crippen molar-refractivity contribution in [2.75, 3.05) is 13.1 Å². The van der Waals surface area contributed by atoms with Crippen LogP contribution in [0.4, 0.5) is 0 Å². The quantitative estimate of drug-likeness (QED) is 0.629. The molecule has 0 aromatic carbocycles. The molecule has 2 aliphatic heterocycles. The van der Waals surface area contributed by atoms with Gasteiger partial charge in [0.2, 0.25) is 11.8 Å². The lowest BCUT2D eigenvalue weighted by atomic mass is 9.85. The predicted octanol–water partition coefficient (Wildman–Crippen LogP) is -0.539. The molecular weight excluding hydrogens is 206 g/mol. The number of nitrogens with one attached hydrogen (secondary N) is 1. The van der Waals surface area contributed by atoms with Gasteiger partial charge in [-0.2, -0.15) is 0 Å². The molecule has 2 rings (SSSR count). The number of carbonyl (C=O) groups is 2. The van der Waals surface area contributed by atoms with Crippen LogP contribution in [0.25, 0.3) is 0 Å². The van der Waals surface area contributed by atoms with E-state index < -0.39 is 6.04 Å². The van der Waals surface area contributed by atoms with E-state index in [-0.39, 0.29) is 17.9 Å². The lowest BCUT2D eigenvalue weighted by Gasteiger charge is -2.41. The highest BCUT2D eigenvalue weighted by Gasteiger charge is 2.35. The van der Waals surface area contributed by atoms with Crippen molar-refractivity contribution >= 4 is 11.8 Å². The van der Waals surface area contributed by atoms with Gasteiger partial charge in [-0.1, -0.05) is 0 Å². The first-order chi connectivity index (χ1) is 7.58. The summed E-state index contributed by atoms with van der Waals surface area (Å²) in [5, 5.41) is 3.00. The molecule has 5 nitrogen and oxygen atoms in total. The van der Waals surface area contributed by atoms with E-state index in [2.05, 4.69) is 5.32 Å². The molecule has 0 saturated carbocycles. The summed E-state index contributed by atoms with van der Waals surface area (Å²) in [6.07, 6.45) is 2.33. The molecule has 2 fully saturated rings. The van der Waals surface area contributed by atoms with Crippen LogP contribution in [0.5, 0.6) is 0 Å². The Morgan fingerprint density at radius 2 is 2.31 bits per heavy atom. The summed E-state index contributed by atoms with van der Waals surface area (Å²) in [5.74, 6) is 0.581. The Morgan fingerprint density at radius 3 is 3.00 bits per heavy atom. The summed E-state index contributed by atoms with van der Waals surface area (Å²) in [7, 11) is 0. The highest BCUT2D eigenvalue weighted by atomic mass is 16.2. The molecule has 3 atom stereocenters. The van der Waals surface area contributed by atoms with Gasteiger partial charge in [0.1, 0.15) is 0 Å². The monoisotopic (exact) mass is 225 g/mol. The van der Waals surface area contributed by atoms with Crippen molar-refractivity contribution in [1.82, 2.24) is 10.2 Å². The van der Waals surface area contributed by atoms with Crippen LogP contribution in [0, 0.1) is 5.92 Å². The van der Waals surface area contributed by atoms with Crippen LogP contribution in [0.1, 0.15) is 26.2 Å². The van der Waals surface area contributed by atoms with E-state index in [1.807, 2.05) is 4.90 Å². The van der Waals surface area contributed by atoms with Gasteiger partial charge in [0.15, 0.2) is 0 Å². The number of likely N-dealkylation sites (tertiary alicyclic amines) is 1. The standard InChI is InChI=1S/C11H19N3O2/c1-7(12)11(16)14-5-4-9-8(6-14)2-3-10(15)13-9/h7-9H,2-6,12H2,1H3,(H,13,15)/t7-,8?,9?/m1/s1. The zero-order chi connectivity index (χ0) is 11.7. The van der Waals surface area contributed by atoms with Crippen molar-refractivity contribution in [2.24, 2.45) is 11.7 Å². The zero-order valence-electron chi connectivity index (χ0n) is 9.61. The number of nitrogens with zero attached hydrogens (tertiary/aromatic N) is 1. The molecule has 2 aliphatic rings. The van der Waals surface area contributed by atoms with Crippen LogP contribution in [0.3, 0.4) is 0 Å². The van der Waals surface area contributed by atoms with Crippen molar-refractivity contribution in [2.45, 2.75) is 38.3 Å². The minimum absolute atomic E-state index is 0.0235. The number of hydrogen-bond acceptors (Lipinski definition) is 3. The van der Waals surface area contributed by atoms with Crippen molar-refractivity contribution in [3.05, 3.63) is 0 Å². The second-order valence-corrected chi connectivity index (χ2v) is 4.83. The third-order valence-electron chi connectivity index (χ3n) is 3.52. The highest BCUT2D eigenvalue weighted by molar-refractivity contribution is 5.81. The Balaban J connectivity index is 1.95. The third kappa shape index (κ3) is 2.19. The molecular formula is C11H19N3O2. The highest BCUT2D eigenvalue weighted by Crippen LogP contribution is 2.25. The van der Waals surface area contributed by atoms with E-state index in [1.165, 1.54) is 0 Å². The van der Waals surface area contributed by atoms with E-state index in [0.29, 0.717) is 18.9 Å². The number of amides is 2. The van der Waals surface area contributed by atoms with Gasteiger partial charge in [-0.05, 0) is 25.7 Å². The van der Waals surface area contributed by atoms with Crippen molar-refractivity contribution in [1.29, 1.82) is 0 Å². The first-order valence-electron chi connectivity index (χ1n) is 5.91. The van der Waals surface area contributed by atoms with Crippen LogP contribution in [0.2, 0.25) is 0 Å². The molecule has 2 heterocycles. The van der Waals surface area contributed by atoms with Crippen LogP contribution >= 0.6 is 0 Å². The molecule has 0 radical (unpaired) electrons. The van der Waals surface area contributed by atoms with Crippen LogP contribution in [0.15, 0.2) is 0 Å². The average Bonchev–Trinajstić information content (AvgIpc) is 2.27. The number of rotatable bonds is 1. The smallest absolute Gasteiger partial charge is 0.239 e. The molecule has 16 heavy (non-hydrogen) atoms. The van der Waals surface area contributed by atoms with Crippen molar-refractivity contribution in [3.63, 3.8) is 0 Å². The first kappa shape index (κ1) is 11.4. The van der Waals surface area contributed by atoms with E-state index >= 15 is 0 Å². The van der Waals surface area contributed by atoms with E-state index in [0.717, 1.165) is 19.4 Å². The summed E-state index contributed by atoms with van der Waals surface area (Å²) >= 11 is 0. The molecule has 90 valence electrons. The molecule has 2 saturated heterocycles. The maximum absolute atomic E-state index is 11.8. The average molecular weight is 225 g/mol. The topological polar surface area (TPSA) is 75.4 Å². The Hall–Kier alpha value is -1.10.